The van der Waals surface area contributed by atoms with E-state index >= 15 is 0 Å². The van der Waals surface area contributed by atoms with Gasteiger partial charge in [-0.2, -0.15) is 0 Å². The lowest BCUT2D eigenvalue weighted by Gasteiger charge is -2.08. The molecule has 134 valence electrons. The van der Waals surface area contributed by atoms with Crippen molar-refractivity contribution in [2.24, 2.45) is 0 Å². The molecule has 0 aliphatic heterocycles. The summed E-state index contributed by atoms with van der Waals surface area (Å²) in [6.45, 7) is 2.76. The van der Waals surface area contributed by atoms with Crippen molar-refractivity contribution >= 4 is 16.8 Å². The average Bonchev–Trinajstić information content (AvgIpc) is 2.63. The van der Waals surface area contributed by atoms with Crippen LogP contribution in [0.25, 0.3) is 10.9 Å². The summed E-state index contributed by atoms with van der Waals surface area (Å²) in [6, 6.07) is 17.2. The summed E-state index contributed by atoms with van der Waals surface area (Å²) < 4.78 is 5.50. The molecule has 1 aromatic heterocycles. The number of pyridine rings is 1. The van der Waals surface area contributed by atoms with Crippen molar-refractivity contribution in [3.05, 3.63) is 76.1 Å². The number of hydrogen-bond acceptors (Lipinski definition) is 3. The SMILES string of the molecule is Cc1ccc2[nH]c(=O)c(CCNC(=O)CCOc3ccccc3)cc2c1. The number of aromatic nitrogens is 1. The molecule has 0 aliphatic carbocycles. The maximum absolute atomic E-state index is 12.1. The molecular formula is C21H22N2O3. The van der Waals surface area contributed by atoms with Gasteiger partial charge in [0.25, 0.3) is 5.56 Å². The van der Waals surface area contributed by atoms with Gasteiger partial charge in [0.15, 0.2) is 0 Å². The molecule has 1 amide bonds. The normalized spacial score (nSPS) is 10.7. The Morgan fingerprint density at radius 3 is 2.73 bits per heavy atom. The molecule has 3 aromatic rings. The van der Waals surface area contributed by atoms with Crippen LogP contribution in [0.5, 0.6) is 5.75 Å². The van der Waals surface area contributed by atoms with E-state index in [4.69, 9.17) is 4.74 Å². The topological polar surface area (TPSA) is 71.2 Å². The van der Waals surface area contributed by atoms with Crippen molar-refractivity contribution in [3.63, 3.8) is 0 Å². The molecule has 2 aromatic carbocycles. The Balaban J connectivity index is 1.48. The van der Waals surface area contributed by atoms with E-state index < -0.39 is 0 Å². The molecule has 0 aliphatic rings. The average molecular weight is 350 g/mol. The minimum atomic E-state index is -0.108. The second kappa shape index (κ2) is 8.34. The minimum absolute atomic E-state index is 0.0889. The van der Waals surface area contributed by atoms with Crippen LogP contribution in [0.1, 0.15) is 17.5 Å². The Kier molecular flexibility index (Phi) is 5.69. The third kappa shape index (κ3) is 4.72. The van der Waals surface area contributed by atoms with E-state index in [1.165, 1.54) is 0 Å². The van der Waals surface area contributed by atoms with E-state index in [1.807, 2.05) is 61.5 Å². The van der Waals surface area contributed by atoms with Gasteiger partial charge in [-0.15, -0.1) is 0 Å². The maximum atomic E-state index is 12.1. The van der Waals surface area contributed by atoms with Crippen molar-refractivity contribution < 1.29 is 9.53 Å². The Morgan fingerprint density at radius 2 is 1.92 bits per heavy atom. The number of para-hydroxylation sites is 1. The van der Waals surface area contributed by atoms with Crippen LogP contribution in [0.15, 0.2) is 59.4 Å². The monoisotopic (exact) mass is 350 g/mol. The number of aryl methyl sites for hydroxylation is 1. The lowest BCUT2D eigenvalue weighted by molar-refractivity contribution is -0.121. The molecule has 2 N–H and O–H groups in total. The molecule has 0 saturated carbocycles. The molecule has 0 saturated heterocycles. The van der Waals surface area contributed by atoms with Crippen LogP contribution in [0.2, 0.25) is 0 Å². The summed E-state index contributed by atoms with van der Waals surface area (Å²) in [5.41, 5.74) is 2.53. The minimum Gasteiger partial charge on any atom is -0.493 e. The number of nitrogens with one attached hydrogen (secondary N) is 2. The van der Waals surface area contributed by atoms with E-state index in [0.29, 0.717) is 25.1 Å². The number of H-pyrrole nitrogens is 1. The van der Waals surface area contributed by atoms with Gasteiger partial charge >= 0.3 is 0 Å². The zero-order valence-corrected chi connectivity index (χ0v) is 14.7. The van der Waals surface area contributed by atoms with Crippen molar-refractivity contribution in [3.8, 4) is 5.75 Å². The fourth-order valence-corrected chi connectivity index (χ4v) is 2.76. The highest BCUT2D eigenvalue weighted by Crippen LogP contribution is 2.13. The second-order valence-corrected chi connectivity index (χ2v) is 6.23. The van der Waals surface area contributed by atoms with Crippen LogP contribution in [-0.2, 0) is 11.2 Å². The van der Waals surface area contributed by atoms with Gasteiger partial charge < -0.3 is 15.0 Å². The van der Waals surface area contributed by atoms with Gasteiger partial charge in [-0.05, 0) is 49.1 Å². The van der Waals surface area contributed by atoms with E-state index in [-0.39, 0.29) is 17.9 Å². The van der Waals surface area contributed by atoms with Crippen LogP contribution in [0.3, 0.4) is 0 Å². The summed E-state index contributed by atoms with van der Waals surface area (Å²) in [5, 5.41) is 3.83. The molecule has 1 heterocycles. The van der Waals surface area contributed by atoms with E-state index in [0.717, 1.165) is 22.2 Å². The first kappa shape index (κ1) is 17.7. The highest BCUT2D eigenvalue weighted by molar-refractivity contribution is 5.79. The number of carbonyl (C=O) groups excluding carboxylic acids is 1. The Bertz CT molecular complexity index is 948. The molecule has 26 heavy (non-hydrogen) atoms. The van der Waals surface area contributed by atoms with Gasteiger partial charge in [-0.25, -0.2) is 0 Å². The van der Waals surface area contributed by atoms with Crippen LogP contribution < -0.4 is 15.6 Å². The van der Waals surface area contributed by atoms with Gasteiger partial charge in [-0.3, -0.25) is 9.59 Å². The predicted molar refractivity (Wildman–Crippen MR) is 103 cm³/mol. The number of ether oxygens (including phenoxy) is 1. The number of fused-ring (bicyclic) bond motifs is 1. The molecule has 0 fully saturated rings. The molecular weight excluding hydrogens is 328 g/mol. The smallest absolute Gasteiger partial charge is 0.251 e. The van der Waals surface area contributed by atoms with E-state index in [2.05, 4.69) is 10.3 Å². The first-order valence-electron chi connectivity index (χ1n) is 8.69. The van der Waals surface area contributed by atoms with Crippen molar-refractivity contribution in [1.29, 1.82) is 0 Å². The lowest BCUT2D eigenvalue weighted by atomic mass is 10.1. The van der Waals surface area contributed by atoms with Crippen LogP contribution in [0.4, 0.5) is 0 Å². The summed E-state index contributed by atoms with van der Waals surface area (Å²) in [6.07, 6.45) is 0.771. The Morgan fingerprint density at radius 1 is 1.12 bits per heavy atom. The zero-order chi connectivity index (χ0) is 18.4. The number of aromatic amines is 1. The molecule has 3 rings (SSSR count). The molecule has 5 nitrogen and oxygen atoms in total. The van der Waals surface area contributed by atoms with Crippen LogP contribution in [-0.4, -0.2) is 24.0 Å². The third-order valence-electron chi connectivity index (χ3n) is 4.13. The van der Waals surface area contributed by atoms with Gasteiger partial charge in [0.1, 0.15) is 5.75 Å². The Labute approximate surface area is 152 Å². The molecule has 0 unspecified atom stereocenters. The van der Waals surface area contributed by atoms with E-state index in [9.17, 15) is 9.59 Å². The van der Waals surface area contributed by atoms with Crippen LogP contribution >= 0.6 is 0 Å². The molecule has 0 spiro atoms. The lowest BCUT2D eigenvalue weighted by Crippen LogP contribution is -2.28. The van der Waals surface area contributed by atoms with Crippen LogP contribution in [0, 0.1) is 6.92 Å². The van der Waals surface area contributed by atoms with E-state index in [1.54, 1.807) is 0 Å². The van der Waals surface area contributed by atoms with Gasteiger partial charge in [0.2, 0.25) is 5.91 Å². The highest BCUT2D eigenvalue weighted by Gasteiger charge is 2.06. The third-order valence-corrected chi connectivity index (χ3v) is 4.13. The number of amides is 1. The molecule has 0 radical (unpaired) electrons. The van der Waals surface area contributed by atoms with Gasteiger partial charge in [0, 0.05) is 17.6 Å². The fourth-order valence-electron chi connectivity index (χ4n) is 2.76. The van der Waals surface area contributed by atoms with Crippen molar-refractivity contribution in [2.75, 3.05) is 13.2 Å². The number of benzene rings is 2. The number of hydrogen-bond donors (Lipinski definition) is 2. The maximum Gasteiger partial charge on any atom is 0.251 e. The van der Waals surface area contributed by atoms with Gasteiger partial charge in [-0.1, -0.05) is 29.8 Å². The summed E-state index contributed by atoms with van der Waals surface area (Å²) in [4.78, 5) is 26.9. The summed E-state index contributed by atoms with van der Waals surface area (Å²) in [5.74, 6) is 0.660. The first-order valence-corrected chi connectivity index (χ1v) is 8.69. The number of rotatable bonds is 7. The van der Waals surface area contributed by atoms with Crippen molar-refractivity contribution in [1.82, 2.24) is 10.3 Å². The predicted octanol–water partition coefficient (Wildman–Crippen LogP) is 2.96. The molecule has 0 bridgehead atoms. The number of carbonyl (C=O) groups is 1. The second-order valence-electron chi connectivity index (χ2n) is 6.23. The molecule has 5 heteroatoms. The first-order chi connectivity index (χ1) is 12.6. The largest absolute Gasteiger partial charge is 0.493 e. The quantitative estimate of drug-likeness (QED) is 0.688. The molecule has 0 atom stereocenters. The highest BCUT2D eigenvalue weighted by atomic mass is 16.5. The Hall–Kier alpha value is -3.08. The van der Waals surface area contributed by atoms with Gasteiger partial charge in [0.05, 0.1) is 13.0 Å². The summed E-state index contributed by atoms with van der Waals surface area (Å²) >= 11 is 0. The fraction of sp³-hybridized carbons (Fsp3) is 0.238. The zero-order valence-electron chi connectivity index (χ0n) is 14.7. The summed E-state index contributed by atoms with van der Waals surface area (Å²) in [7, 11) is 0. The van der Waals surface area contributed by atoms with Crippen molar-refractivity contribution in [2.45, 2.75) is 19.8 Å². The standard InChI is InChI=1S/C21H22N2O3/c1-15-7-8-19-17(13-15)14-16(21(25)23-19)9-11-22-20(24)10-12-26-18-5-3-2-4-6-18/h2-8,13-14H,9-12H2,1H3,(H,22,24)(H,23,25).